The minimum Gasteiger partial charge on any atom is -0.489 e. The molecule has 0 saturated heterocycles. The fraction of sp³-hybridized carbons (Fsp3) is 0.167. The van der Waals surface area contributed by atoms with Gasteiger partial charge in [-0.3, -0.25) is 0 Å². The summed E-state index contributed by atoms with van der Waals surface area (Å²) in [4.78, 5) is 11.7. The van der Waals surface area contributed by atoms with E-state index in [0.717, 1.165) is 33.2 Å². The number of carbonyl (C=O) groups is 1. The van der Waals surface area contributed by atoms with E-state index >= 15 is 0 Å². The quantitative estimate of drug-likeness (QED) is 0.233. The van der Waals surface area contributed by atoms with Gasteiger partial charge in [-0.1, -0.05) is 66.7 Å². The van der Waals surface area contributed by atoms with Gasteiger partial charge in [-0.15, -0.1) is 13.2 Å². The van der Waals surface area contributed by atoms with Gasteiger partial charge in [0.1, 0.15) is 18.1 Å². The molecule has 4 rings (SSSR count). The highest BCUT2D eigenvalue weighted by molar-refractivity contribution is 5.89. The number of ether oxygens (including phenoxy) is 3. The van der Waals surface area contributed by atoms with Gasteiger partial charge in [0.05, 0.1) is 12.7 Å². The standard InChI is InChI=1S/C30H26F3NO4/c1-36-29(35)25-13-9-21(10-14-25)17-23(20-37-28-8-4-6-24-5-2-3-7-27(24)28)19-34-18-22-11-15-26(16-12-22)38-30(31,32)33/h2-17,34H,18-20H2,1H3. The highest BCUT2D eigenvalue weighted by Crippen LogP contribution is 2.26. The molecule has 4 aromatic rings. The Morgan fingerprint density at radius 1 is 0.895 bits per heavy atom. The van der Waals surface area contributed by atoms with Gasteiger partial charge in [0.25, 0.3) is 0 Å². The Bertz CT molecular complexity index is 1390. The summed E-state index contributed by atoms with van der Waals surface area (Å²) in [6.45, 7) is 1.20. The molecule has 1 N–H and O–H groups in total. The second kappa shape index (κ2) is 12.3. The van der Waals surface area contributed by atoms with Gasteiger partial charge in [0.15, 0.2) is 0 Å². The van der Waals surface area contributed by atoms with E-state index in [4.69, 9.17) is 9.47 Å². The zero-order valence-electron chi connectivity index (χ0n) is 20.6. The maximum atomic E-state index is 12.4. The Balaban J connectivity index is 1.46. The van der Waals surface area contributed by atoms with Crippen LogP contribution in [-0.4, -0.2) is 32.6 Å². The van der Waals surface area contributed by atoms with Gasteiger partial charge in [-0.05, 0) is 52.4 Å². The summed E-state index contributed by atoms with van der Waals surface area (Å²) in [6, 6.07) is 26.6. The third-order valence-corrected chi connectivity index (χ3v) is 5.70. The van der Waals surface area contributed by atoms with Crippen molar-refractivity contribution < 1.29 is 32.2 Å². The van der Waals surface area contributed by atoms with Gasteiger partial charge >= 0.3 is 12.3 Å². The molecule has 0 spiro atoms. The van der Waals surface area contributed by atoms with E-state index in [1.165, 1.54) is 19.2 Å². The Morgan fingerprint density at radius 2 is 1.61 bits per heavy atom. The Hall–Kier alpha value is -4.30. The van der Waals surface area contributed by atoms with Crippen molar-refractivity contribution in [1.29, 1.82) is 0 Å². The fourth-order valence-corrected chi connectivity index (χ4v) is 3.88. The number of benzene rings is 4. The molecule has 0 radical (unpaired) electrons. The van der Waals surface area contributed by atoms with Crippen LogP contribution in [0.3, 0.4) is 0 Å². The van der Waals surface area contributed by atoms with Crippen molar-refractivity contribution in [1.82, 2.24) is 5.32 Å². The van der Waals surface area contributed by atoms with Crippen LogP contribution in [-0.2, 0) is 11.3 Å². The predicted octanol–water partition coefficient (Wildman–Crippen LogP) is 6.78. The number of carbonyl (C=O) groups excluding carboxylic acids is 1. The van der Waals surface area contributed by atoms with E-state index in [0.29, 0.717) is 25.3 Å². The van der Waals surface area contributed by atoms with Crippen LogP contribution in [0.1, 0.15) is 21.5 Å². The lowest BCUT2D eigenvalue weighted by Crippen LogP contribution is -2.20. The summed E-state index contributed by atoms with van der Waals surface area (Å²) in [6.07, 6.45) is -2.75. The summed E-state index contributed by atoms with van der Waals surface area (Å²) in [5.74, 6) is 0.0874. The summed E-state index contributed by atoms with van der Waals surface area (Å²) < 4.78 is 52.1. The number of rotatable bonds is 10. The number of methoxy groups -OCH3 is 1. The largest absolute Gasteiger partial charge is 0.573 e. The lowest BCUT2D eigenvalue weighted by molar-refractivity contribution is -0.274. The van der Waals surface area contributed by atoms with E-state index in [-0.39, 0.29) is 5.75 Å². The van der Waals surface area contributed by atoms with Crippen LogP contribution in [0.2, 0.25) is 0 Å². The highest BCUT2D eigenvalue weighted by Gasteiger charge is 2.30. The molecule has 5 nitrogen and oxygen atoms in total. The molecule has 0 aliphatic carbocycles. The molecule has 196 valence electrons. The smallest absolute Gasteiger partial charge is 0.489 e. The van der Waals surface area contributed by atoms with Crippen molar-refractivity contribution in [3.8, 4) is 11.5 Å². The maximum Gasteiger partial charge on any atom is 0.573 e. The number of halogens is 3. The second-order valence-corrected chi connectivity index (χ2v) is 8.48. The van der Waals surface area contributed by atoms with Crippen molar-refractivity contribution in [3.05, 3.63) is 113 Å². The van der Waals surface area contributed by atoms with E-state index < -0.39 is 12.3 Å². The van der Waals surface area contributed by atoms with E-state index in [9.17, 15) is 18.0 Å². The van der Waals surface area contributed by atoms with Gasteiger partial charge in [0.2, 0.25) is 0 Å². The lowest BCUT2D eigenvalue weighted by Gasteiger charge is -2.14. The number of hydrogen-bond donors (Lipinski definition) is 1. The Kier molecular flexibility index (Phi) is 8.66. The van der Waals surface area contributed by atoms with E-state index in [1.807, 2.05) is 60.7 Å². The summed E-state index contributed by atoms with van der Waals surface area (Å²) in [5.41, 5.74) is 3.07. The van der Waals surface area contributed by atoms with Gasteiger partial charge in [0, 0.05) is 18.5 Å². The number of esters is 1. The van der Waals surface area contributed by atoms with Crippen molar-refractivity contribution in [2.24, 2.45) is 0 Å². The van der Waals surface area contributed by atoms with Crippen LogP contribution in [0.4, 0.5) is 13.2 Å². The molecular formula is C30H26F3NO4. The topological polar surface area (TPSA) is 56.8 Å². The fourth-order valence-electron chi connectivity index (χ4n) is 3.88. The third kappa shape index (κ3) is 7.60. The number of fused-ring (bicyclic) bond motifs is 1. The molecule has 0 fully saturated rings. The first-order valence-corrected chi connectivity index (χ1v) is 11.8. The monoisotopic (exact) mass is 521 g/mol. The molecule has 0 aliphatic rings. The Labute approximate surface area is 218 Å². The molecule has 0 aromatic heterocycles. The maximum absolute atomic E-state index is 12.4. The first-order valence-electron chi connectivity index (χ1n) is 11.8. The zero-order chi connectivity index (χ0) is 27.0. The third-order valence-electron chi connectivity index (χ3n) is 5.70. The van der Waals surface area contributed by atoms with Gasteiger partial charge in [-0.2, -0.15) is 0 Å². The SMILES string of the molecule is COC(=O)c1ccc(C=C(CNCc2ccc(OC(F)(F)F)cc2)COc2cccc3ccccc23)cc1. The molecule has 0 aliphatic heterocycles. The van der Waals surface area contributed by atoms with Crippen LogP contribution >= 0.6 is 0 Å². The molecule has 0 atom stereocenters. The van der Waals surface area contributed by atoms with Crippen LogP contribution in [0.25, 0.3) is 16.8 Å². The van der Waals surface area contributed by atoms with Crippen LogP contribution in [0.15, 0.2) is 96.6 Å². The van der Waals surface area contributed by atoms with Crippen molar-refractivity contribution in [2.75, 3.05) is 20.3 Å². The van der Waals surface area contributed by atoms with Crippen LogP contribution < -0.4 is 14.8 Å². The molecule has 38 heavy (non-hydrogen) atoms. The normalized spacial score (nSPS) is 11.8. The van der Waals surface area contributed by atoms with Crippen LogP contribution in [0, 0.1) is 0 Å². The van der Waals surface area contributed by atoms with Crippen LogP contribution in [0.5, 0.6) is 11.5 Å². The molecule has 4 aromatic carbocycles. The Morgan fingerprint density at radius 3 is 2.32 bits per heavy atom. The predicted molar refractivity (Wildman–Crippen MR) is 140 cm³/mol. The minimum absolute atomic E-state index is 0.263. The highest BCUT2D eigenvalue weighted by atomic mass is 19.4. The van der Waals surface area contributed by atoms with Gasteiger partial charge < -0.3 is 19.5 Å². The first kappa shape index (κ1) is 26.8. The number of nitrogens with one attached hydrogen (secondary N) is 1. The molecule has 0 heterocycles. The molecule has 0 bridgehead atoms. The number of hydrogen-bond acceptors (Lipinski definition) is 5. The average molecular weight is 522 g/mol. The molecule has 0 saturated carbocycles. The van der Waals surface area contributed by atoms with Crippen molar-refractivity contribution in [2.45, 2.75) is 12.9 Å². The lowest BCUT2D eigenvalue weighted by atomic mass is 10.1. The summed E-state index contributed by atoms with van der Waals surface area (Å²) in [5, 5.41) is 5.40. The van der Waals surface area contributed by atoms with E-state index in [1.54, 1.807) is 24.3 Å². The summed E-state index contributed by atoms with van der Waals surface area (Å²) in [7, 11) is 1.33. The minimum atomic E-state index is -4.72. The van der Waals surface area contributed by atoms with E-state index in [2.05, 4.69) is 10.1 Å². The molecular weight excluding hydrogens is 495 g/mol. The van der Waals surface area contributed by atoms with Crippen molar-refractivity contribution >= 4 is 22.8 Å². The van der Waals surface area contributed by atoms with Crippen molar-refractivity contribution in [3.63, 3.8) is 0 Å². The first-order chi connectivity index (χ1) is 18.3. The molecule has 8 heteroatoms. The van der Waals surface area contributed by atoms with Gasteiger partial charge in [-0.25, -0.2) is 4.79 Å². The molecule has 0 unspecified atom stereocenters. The second-order valence-electron chi connectivity index (χ2n) is 8.48. The zero-order valence-corrected chi connectivity index (χ0v) is 20.6. The number of alkyl halides is 3. The summed E-state index contributed by atoms with van der Waals surface area (Å²) >= 11 is 0. The molecule has 0 amide bonds. The average Bonchev–Trinajstić information content (AvgIpc) is 2.91.